The van der Waals surface area contributed by atoms with Gasteiger partial charge in [0.15, 0.2) is 0 Å². The average Bonchev–Trinajstić information content (AvgIpc) is 2.33. The van der Waals surface area contributed by atoms with E-state index in [0.29, 0.717) is 16.8 Å². The van der Waals surface area contributed by atoms with Gasteiger partial charge < -0.3 is 25.4 Å². The number of amides is 1. The van der Waals surface area contributed by atoms with Gasteiger partial charge in [0.1, 0.15) is 24.1 Å². The van der Waals surface area contributed by atoms with Gasteiger partial charge in [-0.15, -0.1) is 24.0 Å². The molecule has 0 heterocycles. The summed E-state index contributed by atoms with van der Waals surface area (Å²) in [7, 11) is 5.29. The Morgan fingerprint density at radius 1 is 1.40 bits per heavy atom. The van der Waals surface area contributed by atoms with Gasteiger partial charge in [-0.05, 0) is 24.6 Å². The lowest BCUT2D eigenvalue weighted by Crippen LogP contribution is -2.42. The molecular weight excluding hydrogens is 375 g/mol. The van der Waals surface area contributed by atoms with Crippen molar-refractivity contribution in [2.75, 3.05) is 34.3 Å². The van der Waals surface area contributed by atoms with Crippen molar-refractivity contribution >= 4 is 35.8 Å². The molecule has 0 atom stereocenters. The minimum atomic E-state index is -1.25. The predicted molar refractivity (Wildman–Crippen MR) is 88.3 cm³/mol. The number of nitrogens with zero attached hydrogens (tertiary/aromatic N) is 1. The Bertz CT molecular complexity index is 425. The molecule has 0 aliphatic carbocycles. The van der Waals surface area contributed by atoms with Gasteiger partial charge in [-0.3, -0.25) is 4.48 Å². The Morgan fingerprint density at radius 3 is 2.25 bits per heavy atom. The smallest absolute Gasteiger partial charge is 0.136 e. The lowest BCUT2D eigenvalue weighted by atomic mass is 10.2. The van der Waals surface area contributed by atoms with Crippen LogP contribution in [-0.2, 0) is 0 Å². The Kier molecular flexibility index (Phi) is 10.4. The first-order valence-electron chi connectivity index (χ1n) is 5.87. The zero-order valence-corrected chi connectivity index (χ0v) is 14.5. The molecule has 20 heavy (non-hydrogen) atoms. The topological polar surface area (TPSA) is 92.6 Å². The molecule has 0 radical (unpaired) electrons. The van der Waals surface area contributed by atoms with E-state index in [2.05, 4.69) is 0 Å². The molecule has 6 nitrogen and oxygen atoms in total. The van der Waals surface area contributed by atoms with E-state index < -0.39 is 6.09 Å². The Morgan fingerprint density at radius 2 is 1.90 bits per heavy atom. The Hall–Kier alpha value is -1.06. The number of rotatable bonds is 3. The number of aliphatic hydroxyl groups excluding tert-OH is 1. The van der Waals surface area contributed by atoms with E-state index in [1.54, 1.807) is 6.07 Å². The van der Waals surface area contributed by atoms with Crippen molar-refractivity contribution in [3.05, 3.63) is 23.8 Å². The fourth-order valence-electron chi connectivity index (χ4n) is 1.35. The van der Waals surface area contributed by atoms with Crippen LogP contribution in [0, 0.1) is 6.92 Å². The number of halogens is 1. The summed E-state index contributed by atoms with van der Waals surface area (Å²) in [5, 5.41) is 29.4. The number of quaternary nitrogens is 1. The molecule has 0 bridgehead atoms. The van der Waals surface area contributed by atoms with Gasteiger partial charge in [-0.25, -0.2) is 0 Å². The number of aliphatic hydroxyl groups is 1. The Labute approximate surface area is 136 Å². The number of hydrogen-bond donors (Lipinski definition) is 3. The monoisotopic (exact) mass is 398 g/mol. The molecule has 116 valence electrons. The molecule has 3 N–H and O–H groups in total. The molecule has 0 fully saturated rings. The SMILES string of the molecule is CNC(=O)[O-].Cc1ccc([N+](C)(C)CCO)cc1O.I. The minimum Gasteiger partial charge on any atom is -0.530 e. The van der Waals surface area contributed by atoms with Crippen LogP contribution in [0.3, 0.4) is 0 Å². The lowest BCUT2D eigenvalue weighted by Gasteiger charge is -2.28. The van der Waals surface area contributed by atoms with Crippen molar-refractivity contribution < 1.29 is 20.1 Å². The number of aryl methyl sites for hydroxylation is 1. The quantitative estimate of drug-likeness (QED) is 0.509. The molecule has 0 spiro atoms. The number of carbonyl (C=O) groups excluding carboxylic acids is 1. The third kappa shape index (κ3) is 7.51. The first kappa shape index (κ1) is 21.2. The predicted octanol–water partition coefficient (Wildman–Crippen LogP) is 0.427. The number of carbonyl (C=O) groups is 1. The summed E-state index contributed by atoms with van der Waals surface area (Å²) in [6, 6.07) is 5.62. The van der Waals surface area contributed by atoms with Crippen LogP contribution in [0.15, 0.2) is 18.2 Å². The molecule has 1 aromatic rings. The number of phenolic OH excluding ortho intramolecular Hbond substituents is 1. The second-order valence-corrected chi connectivity index (χ2v) is 4.64. The Balaban J connectivity index is 0. The van der Waals surface area contributed by atoms with Crippen LogP contribution in [0.25, 0.3) is 0 Å². The summed E-state index contributed by atoms with van der Waals surface area (Å²) in [5.74, 6) is 0.312. The number of benzene rings is 1. The van der Waals surface area contributed by atoms with E-state index in [4.69, 9.17) is 15.0 Å². The van der Waals surface area contributed by atoms with Crippen LogP contribution in [-0.4, -0.2) is 50.6 Å². The zero-order valence-electron chi connectivity index (χ0n) is 12.2. The van der Waals surface area contributed by atoms with Crippen molar-refractivity contribution in [1.29, 1.82) is 0 Å². The highest BCUT2D eigenvalue weighted by Gasteiger charge is 2.18. The number of likely N-dealkylation sites (N-methyl/N-ethyl adjacent to an activating group) is 1. The summed E-state index contributed by atoms with van der Waals surface area (Å²) in [4.78, 5) is 9.15. The van der Waals surface area contributed by atoms with Crippen molar-refractivity contribution in [2.45, 2.75) is 6.92 Å². The summed E-state index contributed by atoms with van der Waals surface area (Å²) in [6.45, 7) is 2.65. The second kappa shape index (κ2) is 9.78. The number of aromatic hydroxyl groups is 1. The van der Waals surface area contributed by atoms with Gasteiger partial charge in [0.2, 0.25) is 0 Å². The van der Waals surface area contributed by atoms with Crippen LogP contribution < -0.4 is 14.9 Å². The fraction of sp³-hybridized carbons (Fsp3) is 0.462. The number of nitrogens with one attached hydrogen (secondary N) is 1. The molecule has 0 unspecified atom stereocenters. The van der Waals surface area contributed by atoms with Crippen LogP contribution in [0.1, 0.15) is 5.56 Å². The van der Waals surface area contributed by atoms with Gasteiger partial charge in [0.25, 0.3) is 0 Å². The van der Waals surface area contributed by atoms with Crippen LogP contribution in [0.4, 0.5) is 10.5 Å². The molecule has 1 aromatic carbocycles. The molecule has 1 amide bonds. The van der Waals surface area contributed by atoms with E-state index in [9.17, 15) is 5.11 Å². The molecule has 0 aliphatic rings. The summed E-state index contributed by atoms with van der Waals surface area (Å²) >= 11 is 0. The van der Waals surface area contributed by atoms with Gasteiger partial charge in [0, 0.05) is 13.1 Å². The highest BCUT2D eigenvalue weighted by atomic mass is 127. The van der Waals surface area contributed by atoms with E-state index in [-0.39, 0.29) is 30.6 Å². The fourth-order valence-corrected chi connectivity index (χ4v) is 1.35. The van der Waals surface area contributed by atoms with Crippen molar-refractivity contribution in [3.8, 4) is 5.75 Å². The molecule has 7 heteroatoms. The zero-order chi connectivity index (χ0) is 15.1. The maximum atomic E-state index is 9.56. The van der Waals surface area contributed by atoms with Crippen LogP contribution in [0.5, 0.6) is 5.75 Å². The second-order valence-electron chi connectivity index (χ2n) is 4.64. The van der Waals surface area contributed by atoms with E-state index in [0.717, 1.165) is 11.3 Å². The molecule has 0 aromatic heterocycles. The lowest BCUT2D eigenvalue weighted by molar-refractivity contribution is -0.250. The summed E-state index contributed by atoms with van der Waals surface area (Å²) in [5.41, 5.74) is 1.87. The van der Waals surface area contributed by atoms with Gasteiger partial charge in [-0.1, -0.05) is 0 Å². The summed E-state index contributed by atoms with van der Waals surface area (Å²) in [6.07, 6.45) is -1.25. The minimum absolute atomic E-state index is 0. The third-order valence-electron chi connectivity index (χ3n) is 2.75. The highest BCUT2D eigenvalue weighted by Crippen LogP contribution is 2.26. The number of phenols is 1. The maximum absolute atomic E-state index is 9.56. The standard InChI is InChI=1S/C11H17NO2.C2H5NO2.HI/c1-9-4-5-10(8-11(9)14)12(2,3)6-7-13;1-3-2(4)5;/h4-5,8,13H,6-7H2,1-3H3;3H,1H3,(H,4,5);1H. The summed E-state index contributed by atoms with van der Waals surface area (Å²) < 4.78 is 0.574. The van der Waals surface area contributed by atoms with Crippen LogP contribution >= 0.6 is 24.0 Å². The largest absolute Gasteiger partial charge is 0.530 e. The molecule has 0 saturated carbocycles. The number of carboxylic acid groups (broad SMARTS) is 1. The maximum Gasteiger partial charge on any atom is 0.136 e. The first-order chi connectivity index (χ1) is 8.74. The van der Waals surface area contributed by atoms with Gasteiger partial charge >= 0.3 is 0 Å². The highest BCUT2D eigenvalue weighted by molar-refractivity contribution is 14.0. The number of hydrogen-bond acceptors (Lipinski definition) is 4. The van der Waals surface area contributed by atoms with Crippen molar-refractivity contribution in [3.63, 3.8) is 0 Å². The van der Waals surface area contributed by atoms with Crippen LogP contribution in [0.2, 0.25) is 0 Å². The average molecular weight is 398 g/mol. The van der Waals surface area contributed by atoms with Gasteiger partial charge in [-0.2, -0.15) is 0 Å². The normalized spacial score (nSPS) is 9.85. The van der Waals surface area contributed by atoms with E-state index in [1.165, 1.54) is 7.05 Å². The third-order valence-corrected chi connectivity index (χ3v) is 2.75. The van der Waals surface area contributed by atoms with Crippen molar-refractivity contribution in [1.82, 2.24) is 9.80 Å². The molecule has 1 rings (SSSR count). The van der Waals surface area contributed by atoms with Gasteiger partial charge in [0.05, 0.1) is 20.7 Å². The molecule has 0 saturated heterocycles. The molecule has 0 aliphatic heterocycles. The van der Waals surface area contributed by atoms with Crippen molar-refractivity contribution in [2.24, 2.45) is 0 Å². The first-order valence-corrected chi connectivity index (χ1v) is 5.87. The van der Waals surface area contributed by atoms with E-state index in [1.807, 2.05) is 38.5 Å². The van der Waals surface area contributed by atoms with E-state index >= 15 is 0 Å². The molecular formula is C13H23IN2O4.